The number of nitrogens with one attached hydrogen (secondary N) is 2. The summed E-state index contributed by atoms with van der Waals surface area (Å²) in [6.07, 6.45) is 2.75. The van der Waals surface area contributed by atoms with E-state index in [1.54, 1.807) is 6.20 Å². The van der Waals surface area contributed by atoms with E-state index in [9.17, 15) is 4.79 Å². The van der Waals surface area contributed by atoms with Crippen molar-refractivity contribution in [2.45, 2.75) is 12.5 Å². The molecule has 9 nitrogen and oxygen atoms in total. The molecule has 0 spiro atoms. The van der Waals surface area contributed by atoms with Crippen LogP contribution in [0.4, 0.5) is 11.5 Å². The lowest BCUT2D eigenvalue weighted by Gasteiger charge is -2.32. The van der Waals surface area contributed by atoms with E-state index in [2.05, 4.69) is 29.8 Å². The maximum atomic E-state index is 13.2. The Balaban J connectivity index is 1.20. The Morgan fingerprint density at radius 3 is 3.03 bits per heavy atom. The number of anilines is 2. The van der Waals surface area contributed by atoms with E-state index in [0.717, 1.165) is 72.6 Å². The van der Waals surface area contributed by atoms with E-state index < -0.39 is 0 Å². The Labute approximate surface area is 188 Å². The first-order valence-corrected chi connectivity index (χ1v) is 11.6. The number of aromatic amines is 1. The first-order chi connectivity index (χ1) is 15.8. The molecule has 1 aromatic carbocycles. The Morgan fingerprint density at radius 1 is 1.22 bits per heavy atom. The van der Waals surface area contributed by atoms with Crippen LogP contribution in [0.2, 0.25) is 0 Å². The predicted octanol–water partition coefficient (Wildman–Crippen LogP) is 2.86. The molecule has 0 radical (unpaired) electrons. The van der Waals surface area contributed by atoms with Crippen molar-refractivity contribution in [3.05, 3.63) is 42.2 Å². The van der Waals surface area contributed by atoms with E-state index >= 15 is 0 Å². The Bertz CT molecular complexity index is 1280. The van der Waals surface area contributed by atoms with Gasteiger partial charge in [-0.2, -0.15) is 9.47 Å². The highest BCUT2D eigenvalue weighted by molar-refractivity contribution is 7.13. The highest BCUT2D eigenvalue weighted by atomic mass is 32.1. The highest BCUT2D eigenvalue weighted by Crippen LogP contribution is 2.30. The number of ether oxygens (including phenoxy) is 1. The number of rotatable bonds is 4. The quantitative estimate of drug-likeness (QED) is 0.494. The monoisotopic (exact) mass is 449 g/mol. The van der Waals surface area contributed by atoms with Gasteiger partial charge in [0.1, 0.15) is 11.2 Å². The van der Waals surface area contributed by atoms with Crippen molar-refractivity contribution >= 4 is 50.1 Å². The van der Waals surface area contributed by atoms with Crippen molar-refractivity contribution in [1.29, 1.82) is 0 Å². The van der Waals surface area contributed by atoms with Crippen molar-refractivity contribution in [3.8, 4) is 0 Å². The number of hydrogen-bond acceptors (Lipinski definition) is 8. The standard InChI is InChI=1S/C22H23N7O2S/c30-22(29-7-5-15(13-29)28-8-10-31-11-9-28)19-16-4-3-14(12-18(16)32-27-19)24-21-20-17(25-26-21)2-1-6-23-20/h1-4,6,12,15H,5,7-11,13H2,(H2,24,25,26). The van der Waals surface area contributed by atoms with Crippen LogP contribution in [0.3, 0.4) is 0 Å². The summed E-state index contributed by atoms with van der Waals surface area (Å²) in [6.45, 7) is 4.99. The zero-order valence-electron chi connectivity index (χ0n) is 17.5. The summed E-state index contributed by atoms with van der Waals surface area (Å²) < 4.78 is 10.9. The summed E-state index contributed by atoms with van der Waals surface area (Å²) in [7, 11) is 0. The van der Waals surface area contributed by atoms with Crippen LogP contribution in [0.15, 0.2) is 36.5 Å². The van der Waals surface area contributed by atoms with Gasteiger partial charge in [0.25, 0.3) is 5.91 Å². The maximum Gasteiger partial charge on any atom is 0.274 e. The van der Waals surface area contributed by atoms with Gasteiger partial charge in [0, 0.05) is 49.5 Å². The minimum Gasteiger partial charge on any atom is -0.379 e. The van der Waals surface area contributed by atoms with Crippen LogP contribution in [0.1, 0.15) is 16.9 Å². The van der Waals surface area contributed by atoms with Crippen LogP contribution in [-0.2, 0) is 4.74 Å². The minimum absolute atomic E-state index is 0.0233. The summed E-state index contributed by atoms with van der Waals surface area (Å²) in [4.78, 5) is 22.0. The molecule has 2 aliphatic heterocycles. The third-order valence-electron chi connectivity index (χ3n) is 6.27. The van der Waals surface area contributed by atoms with Gasteiger partial charge >= 0.3 is 0 Å². The molecule has 2 saturated heterocycles. The molecule has 2 aliphatic rings. The molecule has 2 N–H and O–H groups in total. The summed E-state index contributed by atoms with van der Waals surface area (Å²) >= 11 is 1.35. The summed E-state index contributed by atoms with van der Waals surface area (Å²) in [5.74, 6) is 0.696. The van der Waals surface area contributed by atoms with Crippen molar-refractivity contribution in [2.24, 2.45) is 0 Å². The number of aromatic nitrogens is 4. The van der Waals surface area contributed by atoms with E-state index in [1.807, 2.05) is 35.2 Å². The SMILES string of the molecule is O=C(c1nsc2cc(Nc3n[nH]c4cccnc34)ccc12)N1CCC(N2CCOCC2)C1. The number of carbonyl (C=O) groups is 1. The molecule has 0 bridgehead atoms. The van der Waals surface area contributed by atoms with Crippen LogP contribution in [-0.4, -0.2) is 80.7 Å². The lowest BCUT2D eigenvalue weighted by molar-refractivity contribution is 0.0185. The molecule has 1 unspecified atom stereocenters. The molecular weight excluding hydrogens is 426 g/mol. The third kappa shape index (κ3) is 3.50. The Morgan fingerprint density at radius 2 is 2.12 bits per heavy atom. The van der Waals surface area contributed by atoms with E-state index in [4.69, 9.17) is 4.74 Å². The van der Waals surface area contributed by atoms with Crippen molar-refractivity contribution in [3.63, 3.8) is 0 Å². The first kappa shape index (κ1) is 19.6. The number of benzene rings is 1. The van der Waals surface area contributed by atoms with Gasteiger partial charge in [0.05, 0.1) is 23.4 Å². The molecule has 0 aliphatic carbocycles. The van der Waals surface area contributed by atoms with Crippen LogP contribution < -0.4 is 5.32 Å². The fraction of sp³-hybridized carbons (Fsp3) is 0.364. The summed E-state index contributed by atoms with van der Waals surface area (Å²) in [6, 6.07) is 10.2. The largest absolute Gasteiger partial charge is 0.379 e. The fourth-order valence-electron chi connectivity index (χ4n) is 4.56. The zero-order valence-corrected chi connectivity index (χ0v) is 18.3. The molecule has 164 valence electrons. The van der Waals surface area contributed by atoms with Crippen LogP contribution in [0, 0.1) is 0 Å². The van der Waals surface area contributed by atoms with E-state index in [0.29, 0.717) is 17.6 Å². The summed E-state index contributed by atoms with van der Waals surface area (Å²) in [5.41, 5.74) is 3.10. The van der Waals surface area contributed by atoms with Gasteiger partial charge in [-0.15, -0.1) is 0 Å². The second-order valence-electron chi connectivity index (χ2n) is 8.18. The molecule has 1 amide bonds. The van der Waals surface area contributed by atoms with Gasteiger partial charge in [0.15, 0.2) is 5.82 Å². The number of hydrogen-bond donors (Lipinski definition) is 2. The number of pyridine rings is 1. The lowest BCUT2D eigenvalue weighted by Crippen LogP contribution is -2.45. The normalized spacial score (nSPS) is 19.8. The molecule has 4 aromatic rings. The van der Waals surface area contributed by atoms with E-state index in [1.165, 1.54) is 11.5 Å². The Kier molecular flexibility index (Phi) is 4.97. The fourth-order valence-corrected chi connectivity index (χ4v) is 5.37. The molecule has 10 heteroatoms. The number of morpholine rings is 1. The van der Waals surface area contributed by atoms with E-state index in [-0.39, 0.29) is 5.91 Å². The van der Waals surface area contributed by atoms with Gasteiger partial charge < -0.3 is 15.0 Å². The molecular formula is C22H23N7O2S. The molecule has 2 fully saturated rings. The number of nitrogens with zero attached hydrogens (tertiary/aromatic N) is 5. The second kappa shape index (κ2) is 8.12. The minimum atomic E-state index is 0.0233. The average Bonchev–Trinajstić information content (AvgIpc) is 3.58. The number of H-pyrrole nitrogens is 1. The van der Waals surface area contributed by atoms with Crippen LogP contribution >= 0.6 is 11.5 Å². The highest BCUT2D eigenvalue weighted by Gasteiger charge is 2.33. The first-order valence-electron chi connectivity index (χ1n) is 10.8. The van der Waals surface area contributed by atoms with Gasteiger partial charge in [-0.05, 0) is 48.3 Å². The lowest BCUT2D eigenvalue weighted by atomic mass is 10.2. The number of carbonyl (C=O) groups excluding carboxylic acids is 1. The molecule has 5 heterocycles. The third-order valence-corrected chi connectivity index (χ3v) is 7.08. The smallest absolute Gasteiger partial charge is 0.274 e. The van der Waals surface area contributed by atoms with Crippen LogP contribution in [0.25, 0.3) is 21.1 Å². The molecule has 3 aromatic heterocycles. The van der Waals surface area contributed by atoms with Crippen molar-refractivity contribution < 1.29 is 9.53 Å². The molecule has 32 heavy (non-hydrogen) atoms. The zero-order chi connectivity index (χ0) is 21.5. The Hall–Kier alpha value is -3.08. The number of fused-ring (bicyclic) bond motifs is 2. The average molecular weight is 450 g/mol. The molecule has 6 rings (SSSR count). The van der Waals surface area contributed by atoms with Gasteiger partial charge in [-0.25, -0.2) is 0 Å². The topological polar surface area (TPSA) is 99.3 Å². The van der Waals surface area contributed by atoms with Crippen molar-refractivity contribution in [1.82, 2.24) is 29.4 Å². The van der Waals surface area contributed by atoms with Gasteiger partial charge in [-0.3, -0.25) is 19.8 Å². The van der Waals surface area contributed by atoms with Gasteiger partial charge in [-0.1, -0.05) is 0 Å². The maximum absolute atomic E-state index is 13.2. The van der Waals surface area contributed by atoms with Gasteiger partial charge in [0.2, 0.25) is 0 Å². The molecule has 0 saturated carbocycles. The predicted molar refractivity (Wildman–Crippen MR) is 123 cm³/mol. The second-order valence-corrected chi connectivity index (χ2v) is 8.99. The van der Waals surface area contributed by atoms with Crippen LogP contribution in [0.5, 0.6) is 0 Å². The summed E-state index contributed by atoms with van der Waals surface area (Å²) in [5, 5.41) is 11.5. The molecule has 1 atom stereocenters. The number of amides is 1. The van der Waals surface area contributed by atoms with Crippen molar-refractivity contribution in [2.75, 3.05) is 44.7 Å². The number of likely N-dealkylation sites (tertiary alicyclic amines) is 1.